The van der Waals surface area contributed by atoms with Crippen molar-refractivity contribution in [1.82, 2.24) is 14.7 Å². The molecule has 2 aromatic carbocycles. The van der Waals surface area contributed by atoms with Gasteiger partial charge in [-0.3, -0.25) is 9.59 Å². The Balaban J connectivity index is 1.29. The molecule has 3 saturated heterocycles. The predicted octanol–water partition coefficient (Wildman–Crippen LogP) is 3.93. The van der Waals surface area contributed by atoms with Gasteiger partial charge in [0, 0.05) is 37.6 Å². The maximum absolute atomic E-state index is 13.9. The maximum Gasteiger partial charge on any atom is 0.321 e. The van der Waals surface area contributed by atoms with E-state index in [1.807, 2.05) is 66.4 Å². The molecule has 0 unspecified atom stereocenters. The van der Waals surface area contributed by atoms with Crippen LogP contribution in [-0.4, -0.2) is 77.5 Å². The Labute approximate surface area is 219 Å². The van der Waals surface area contributed by atoms with Gasteiger partial charge in [-0.15, -0.1) is 0 Å². The van der Waals surface area contributed by atoms with Crippen LogP contribution in [0.5, 0.6) is 0 Å². The highest BCUT2D eigenvalue weighted by Crippen LogP contribution is 2.39. The van der Waals surface area contributed by atoms with Crippen LogP contribution in [0.2, 0.25) is 0 Å². The van der Waals surface area contributed by atoms with Gasteiger partial charge in [-0.05, 0) is 62.8 Å². The number of urea groups is 1. The minimum Gasteiger partial charge on any atom is -0.341 e. The van der Waals surface area contributed by atoms with Gasteiger partial charge < -0.3 is 24.9 Å². The van der Waals surface area contributed by atoms with Crippen LogP contribution in [-0.2, 0) is 9.59 Å². The molecule has 0 saturated carbocycles. The van der Waals surface area contributed by atoms with Crippen LogP contribution < -0.4 is 10.2 Å². The number of benzene rings is 2. The average Bonchev–Trinajstić information content (AvgIpc) is 3.17. The second-order valence-electron chi connectivity index (χ2n) is 10.8. The fraction of sp³-hybridized carbons (Fsp3) is 0.483. The minimum absolute atomic E-state index is 0.00586. The number of aryl methyl sites for hydroxylation is 1. The molecule has 2 aromatic rings. The molecule has 3 aliphatic heterocycles. The number of nitrogens with one attached hydrogen (secondary N) is 1. The molecule has 1 N–H and O–H groups in total. The molecule has 3 heterocycles. The van der Waals surface area contributed by atoms with Gasteiger partial charge in [0.1, 0.15) is 12.1 Å². The van der Waals surface area contributed by atoms with Crippen molar-refractivity contribution in [3.8, 4) is 0 Å². The van der Waals surface area contributed by atoms with E-state index in [9.17, 15) is 14.4 Å². The first kappa shape index (κ1) is 25.1. The van der Waals surface area contributed by atoms with Crippen LogP contribution in [0, 0.1) is 12.8 Å². The van der Waals surface area contributed by atoms with Crippen molar-refractivity contribution in [2.45, 2.75) is 45.1 Å². The van der Waals surface area contributed by atoms with Crippen molar-refractivity contribution in [2.75, 3.05) is 49.6 Å². The predicted molar refractivity (Wildman–Crippen MR) is 144 cm³/mol. The van der Waals surface area contributed by atoms with Crippen molar-refractivity contribution in [3.63, 3.8) is 0 Å². The maximum atomic E-state index is 13.9. The van der Waals surface area contributed by atoms with Crippen molar-refractivity contribution < 1.29 is 14.4 Å². The average molecular weight is 504 g/mol. The normalized spacial score (nSPS) is 20.0. The summed E-state index contributed by atoms with van der Waals surface area (Å²) in [5.41, 5.74) is 2.11. The smallest absolute Gasteiger partial charge is 0.321 e. The molecule has 4 amide bonds. The molecule has 1 spiro atoms. The van der Waals surface area contributed by atoms with E-state index in [-0.39, 0.29) is 24.4 Å². The Morgan fingerprint density at radius 3 is 2.22 bits per heavy atom. The lowest BCUT2D eigenvalue weighted by atomic mass is 9.85. The lowest BCUT2D eigenvalue weighted by molar-refractivity contribution is -0.141. The zero-order valence-corrected chi connectivity index (χ0v) is 21.9. The summed E-state index contributed by atoms with van der Waals surface area (Å²) in [5, 5.41) is 2.97. The fourth-order valence-corrected chi connectivity index (χ4v) is 5.76. The molecule has 8 heteroatoms. The molecule has 196 valence electrons. The molecule has 0 aromatic heterocycles. The van der Waals surface area contributed by atoms with Gasteiger partial charge in [-0.25, -0.2) is 4.79 Å². The van der Waals surface area contributed by atoms with Crippen molar-refractivity contribution >= 4 is 29.2 Å². The number of para-hydroxylation sites is 1. The first-order valence-electron chi connectivity index (χ1n) is 13.4. The van der Waals surface area contributed by atoms with Crippen molar-refractivity contribution in [3.05, 3.63) is 60.2 Å². The summed E-state index contributed by atoms with van der Waals surface area (Å²) in [6.45, 7) is 7.19. The van der Waals surface area contributed by atoms with E-state index in [0.29, 0.717) is 38.5 Å². The highest BCUT2D eigenvalue weighted by molar-refractivity contribution is 5.97. The van der Waals surface area contributed by atoms with E-state index in [2.05, 4.69) is 17.1 Å². The molecule has 0 atom stereocenters. The number of anilines is 2. The number of nitrogens with zero attached hydrogens (tertiary/aromatic N) is 4. The van der Waals surface area contributed by atoms with Crippen LogP contribution in [0.4, 0.5) is 16.2 Å². The van der Waals surface area contributed by atoms with E-state index < -0.39 is 5.54 Å². The highest BCUT2D eigenvalue weighted by Gasteiger charge is 2.54. The van der Waals surface area contributed by atoms with E-state index in [1.165, 1.54) is 0 Å². The fourth-order valence-electron chi connectivity index (χ4n) is 5.76. The molecule has 0 radical (unpaired) electrons. The van der Waals surface area contributed by atoms with Crippen LogP contribution >= 0.6 is 0 Å². The number of rotatable bonds is 4. The third-order valence-corrected chi connectivity index (χ3v) is 8.23. The second kappa shape index (κ2) is 10.4. The topological polar surface area (TPSA) is 76.2 Å². The molecular formula is C29H37N5O3. The van der Waals surface area contributed by atoms with Crippen molar-refractivity contribution in [2.24, 2.45) is 5.92 Å². The monoisotopic (exact) mass is 503 g/mol. The molecule has 3 aliphatic rings. The molecule has 8 nitrogen and oxygen atoms in total. The van der Waals surface area contributed by atoms with Crippen LogP contribution in [0.25, 0.3) is 0 Å². The Hall–Kier alpha value is -3.55. The summed E-state index contributed by atoms with van der Waals surface area (Å²) in [6, 6.07) is 17.5. The Morgan fingerprint density at radius 2 is 1.57 bits per heavy atom. The zero-order valence-electron chi connectivity index (χ0n) is 21.9. The van der Waals surface area contributed by atoms with Gasteiger partial charge in [0.05, 0.1) is 6.67 Å². The molecule has 3 fully saturated rings. The Morgan fingerprint density at radius 1 is 0.919 bits per heavy atom. The van der Waals surface area contributed by atoms with E-state index >= 15 is 0 Å². The summed E-state index contributed by atoms with van der Waals surface area (Å²) in [6.07, 6.45) is 3.07. The Kier molecular flexibility index (Phi) is 7.09. The van der Waals surface area contributed by atoms with Gasteiger partial charge in [0.15, 0.2) is 0 Å². The molecule has 5 rings (SSSR count). The second-order valence-corrected chi connectivity index (χ2v) is 10.8. The lowest BCUT2D eigenvalue weighted by Crippen LogP contribution is -2.58. The molecule has 0 bridgehead atoms. The lowest BCUT2D eigenvalue weighted by Gasteiger charge is -2.43. The number of hydrogen-bond acceptors (Lipinski definition) is 4. The first-order valence-corrected chi connectivity index (χ1v) is 13.4. The summed E-state index contributed by atoms with van der Waals surface area (Å²) < 4.78 is 0. The third kappa shape index (κ3) is 5.15. The quantitative estimate of drug-likeness (QED) is 0.686. The van der Waals surface area contributed by atoms with Crippen LogP contribution in [0.3, 0.4) is 0 Å². The van der Waals surface area contributed by atoms with Gasteiger partial charge in [-0.1, -0.05) is 42.8 Å². The number of piperidine rings is 2. The summed E-state index contributed by atoms with van der Waals surface area (Å²) in [4.78, 5) is 47.5. The van der Waals surface area contributed by atoms with Gasteiger partial charge >= 0.3 is 6.03 Å². The van der Waals surface area contributed by atoms with Crippen LogP contribution in [0.15, 0.2) is 54.6 Å². The minimum atomic E-state index is -0.751. The van der Waals surface area contributed by atoms with Crippen LogP contribution in [0.1, 0.15) is 38.2 Å². The number of carbonyl (C=O) groups is 3. The number of amides is 4. The Bertz CT molecular complexity index is 1120. The summed E-state index contributed by atoms with van der Waals surface area (Å²) in [5.74, 6) is 0.664. The summed E-state index contributed by atoms with van der Waals surface area (Å²) in [7, 11) is 0. The number of carbonyl (C=O) groups excluding carboxylic acids is 3. The van der Waals surface area contributed by atoms with Crippen molar-refractivity contribution in [1.29, 1.82) is 0 Å². The van der Waals surface area contributed by atoms with E-state index in [0.717, 1.165) is 42.9 Å². The molecular weight excluding hydrogens is 466 g/mol. The van der Waals surface area contributed by atoms with E-state index in [4.69, 9.17) is 0 Å². The van der Waals surface area contributed by atoms with Gasteiger partial charge in [0.25, 0.3) is 5.91 Å². The standard InChI is InChI=1S/C29H37N5O3/c1-22-8-10-24(11-9-22)30-28(37)32-18-14-29(15-19-32)27(36)33(21-34(29)25-6-4-3-5-7-25)20-26(35)31-16-12-23(2)13-17-31/h3-11,23H,12-21H2,1-2H3,(H,30,37). The summed E-state index contributed by atoms with van der Waals surface area (Å²) >= 11 is 0. The van der Waals surface area contributed by atoms with E-state index in [1.54, 1.807) is 9.80 Å². The highest BCUT2D eigenvalue weighted by atomic mass is 16.2. The third-order valence-electron chi connectivity index (χ3n) is 8.23. The zero-order chi connectivity index (χ0) is 26.0. The SMILES string of the molecule is Cc1ccc(NC(=O)N2CCC3(CC2)C(=O)N(CC(=O)N2CCC(C)CC2)CN3c2ccccc2)cc1. The number of likely N-dealkylation sites (tertiary alicyclic amines) is 2. The van der Waals surface area contributed by atoms with Gasteiger partial charge in [-0.2, -0.15) is 0 Å². The number of hydrogen-bond donors (Lipinski definition) is 1. The molecule has 0 aliphatic carbocycles. The molecule has 37 heavy (non-hydrogen) atoms. The first-order chi connectivity index (χ1) is 17.9. The largest absolute Gasteiger partial charge is 0.341 e. The van der Waals surface area contributed by atoms with Gasteiger partial charge in [0.2, 0.25) is 5.91 Å².